The summed E-state index contributed by atoms with van der Waals surface area (Å²) in [6.45, 7) is 0.802. The first kappa shape index (κ1) is 19.5. The maximum absolute atomic E-state index is 12.9. The van der Waals surface area contributed by atoms with E-state index in [1.807, 2.05) is 17.5 Å². The fraction of sp³-hybridized carbons (Fsp3) is 0.333. The van der Waals surface area contributed by atoms with Crippen LogP contribution in [0.5, 0.6) is 0 Å². The number of rotatable bonds is 7. The van der Waals surface area contributed by atoms with Gasteiger partial charge in [0.15, 0.2) is 0 Å². The minimum absolute atomic E-state index is 0.114. The fourth-order valence-corrected chi connectivity index (χ4v) is 5.25. The lowest BCUT2D eigenvalue weighted by molar-refractivity contribution is -0.131. The number of benzene rings is 1. The Balaban J connectivity index is 1.67. The van der Waals surface area contributed by atoms with Crippen LogP contribution >= 0.6 is 11.3 Å². The summed E-state index contributed by atoms with van der Waals surface area (Å²) < 4.78 is 26.9. The molecule has 144 valence electrons. The molecule has 3 rings (SSSR count). The molecule has 2 N–H and O–H groups in total. The van der Waals surface area contributed by atoms with Gasteiger partial charge in [-0.15, -0.1) is 11.3 Å². The van der Waals surface area contributed by atoms with E-state index in [2.05, 4.69) is 10.6 Å². The van der Waals surface area contributed by atoms with Crippen LogP contribution in [-0.2, 0) is 26.0 Å². The second-order valence-electron chi connectivity index (χ2n) is 6.12. The first-order chi connectivity index (χ1) is 13.0. The molecule has 0 radical (unpaired) electrons. The third kappa shape index (κ3) is 4.74. The van der Waals surface area contributed by atoms with Gasteiger partial charge in [-0.1, -0.05) is 24.3 Å². The standard InChI is InChI=1S/C18H21N3O4S2/c22-17(19-9-8-14-5-4-12-26-14)13-16-18(23)20-10-11-21(16)27(24,25)15-6-2-1-3-7-15/h1-7,12,16H,8-11,13H2,(H,19,22)(H,20,23)/t16-/m0/s1. The summed E-state index contributed by atoms with van der Waals surface area (Å²) in [5.41, 5.74) is 0. The molecule has 0 unspecified atom stereocenters. The number of hydrogen-bond donors (Lipinski definition) is 2. The summed E-state index contributed by atoms with van der Waals surface area (Å²) in [5.74, 6) is -0.795. The molecule has 0 bridgehead atoms. The minimum atomic E-state index is -3.85. The van der Waals surface area contributed by atoms with Gasteiger partial charge in [0.2, 0.25) is 21.8 Å². The third-order valence-corrected chi connectivity index (χ3v) is 7.14. The number of carbonyl (C=O) groups excluding carboxylic acids is 2. The predicted octanol–water partition coefficient (Wildman–Crippen LogP) is 0.986. The van der Waals surface area contributed by atoms with Gasteiger partial charge in [-0.25, -0.2) is 8.42 Å². The minimum Gasteiger partial charge on any atom is -0.356 e. The summed E-state index contributed by atoms with van der Waals surface area (Å²) in [7, 11) is -3.85. The van der Waals surface area contributed by atoms with Crippen molar-refractivity contribution in [1.29, 1.82) is 0 Å². The molecule has 0 aliphatic carbocycles. The number of nitrogens with zero attached hydrogens (tertiary/aromatic N) is 1. The van der Waals surface area contributed by atoms with E-state index in [1.54, 1.807) is 29.5 Å². The third-order valence-electron chi connectivity index (χ3n) is 4.28. The molecule has 0 spiro atoms. The highest BCUT2D eigenvalue weighted by Gasteiger charge is 2.39. The second kappa shape index (κ2) is 8.64. The Kier molecular flexibility index (Phi) is 6.25. The Morgan fingerprint density at radius 1 is 1.22 bits per heavy atom. The Bertz CT molecular complexity index is 883. The van der Waals surface area contributed by atoms with Crippen LogP contribution in [0.3, 0.4) is 0 Å². The topological polar surface area (TPSA) is 95.6 Å². The van der Waals surface area contributed by atoms with Gasteiger partial charge in [-0.05, 0) is 30.0 Å². The van der Waals surface area contributed by atoms with Crippen LogP contribution < -0.4 is 10.6 Å². The molecule has 1 aromatic heterocycles. The Hall–Kier alpha value is -2.23. The molecule has 9 heteroatoms. The number of hydrogen-bond acceptors (Lipinski definition) is 5. The molecule has 1 saturated heterocycles. The monoisotopic (exact) mass is 407 g/mol. The van der Waals surface area contributed by atoms with E-state index in [0.717, 1.165) is 9.18 Å². The molecule has 2 aromatic rings. The van der Waals surface area contributed by atoms with Gasteiger partial charge in [-0.3, -0.25) is 9.59 Å². The lowest BCUT2D eigenvalue weighted by Gasteiger charge is -2.33. The fourth-order valence-electron chi connectivity index (χ4n) is 2.93. The van der Waals surface area contributed by atoms with Crippen LogP contribution in [0.15, 0.2) is 52.7 Å². The molecule has 0 saturated carbocycles. The van der Waals surface area contributed by atoms with E-state index < -0.39 is 22.0 Å². The number of piperazine rings is 1. The lowest BCUT2D eigenvalue weighted by atomic mass is 10.1. The maximum atomic E-state index is 12.9. The van der Waals surface area contributed by atoms with E-state index >= 15 is 0 Å². The molecule has 1 atom stereocenters. The smallest absolute Gasteiger partial charge is 0.243 e. The Morgan fingerprint density at radius 3 is 2.70 bits per heavy atom. The van der Waals surface area contributed by atoms with E-state index in [0.29, 0.717) is 13.0 Å². The number of thiophene rings is 1. The van der Waals surface area contributed by atoms with Crippen molar-refractivity contribution in [2.45, 2.75) is 23.8 Å². The summed E-state index contributed by atoms with van der Waals surface area (Å²) in [4.78, 5) is 25.8. The molecule has 2 amide bonds. The summed E-state index contributed by atoms with van der Waals surface area (Å²) in [6.07, 6.45) is 0.495. The van der Waals surface area contributed by atoms with Crippen LogP contribution in [0.4, 0.5) is 0 Å². The van der Waals surface area contributed by atoms with E-state index in [1.165, 1.54) is 12.1 Å². The highest BCUT2D eigenvalue weighted by atomic mass is 32.2. The Morgan fingerprint density at radius 2 is 2.00 bits per heavy atom. The molecule has 1 aliphatic rings. The zero-order valence-electron chi connectivity index (χ0n) is 14.6. The van der Waals surface area contributed by atoms with Crippen molar-refractivity contribution < 1.29 is 18.0 Å². The quantitative estimate of drug-likeness (QED) is 0.715. The molecule has 27 heavy (non-hydrogen) atoms. The van der Waals surface area contributed by atoms with Crippen molar-refractivity contribution in [2.24, 2.45) is 0 Å². The average molecular weight is 408 g/mol. The van der Waals surface area contributed by atoms with Crippen molar-refractivity contribution >= 4 is 33.2 Å². The number of carbonyl (C=O) groups is 2. The second-order valence-corrected chi connectivity index (χ2v) is 9.04. The molecule has 1 aliphatic heterocycles. The maximum Gasteiger partial charge on any atom is 0.243 e. The summed E-state index contributed by atoms with van der Waals surface area (Å²) in [6, 6.07) is 10.8. The molecule has 7 nitrogen and oxygen atoms in total. The van der Waals surface area contributed by atoms with E-state index in [9.17, 15) is 18.0 Å². The van der Waals surface area contributed by atoms with Crippen LogP contribution in [0.2, 0.25) is 0 Å². The lowest BCUT2D eigenvalue weighted by Crippen LogP contribution is -2.58. The number of nitrogens with one attached hydrogen (secondary N) is 2. The summed E-state index contributed by atoms with van der Waals surface area (Å²) in [5, 5.41) is 7.38. The molecular formula is C18H21N3O4S2. The summed E-state index contributed by atoms with van der Waals surface area (Å²) >= 11 is 1.61. The highest BCUT2D eigenvalue weighted by Crippen LogP contribution is 2.21. The largest absolute Gasteiger partial charge is 0.356 e. The van der Waals surface area contributed by atoms with Gasteiger partial charge in [-0.2, -0.15) is 4.31 Å². The van der Waals surface area contributed by atoms with Gasteiger partial charge in [0.1, 0.15) is 6.04 Å². The van der Waals surface area contributed by atoms with E-state index in [4.69, 9.17) is 0 Å². The van der Waals surface area contributed by atoms with Crippen LogP contribution in [0.25, 0.3) is 0 Å². The SMILES string of the molecule is O=C(C[C@H]1C(=O)NCCN1S(=O)(=O)c1ccccc1)NCCc1cccs1. The first-order valence-electron chi connectivity index (χ1n) is 8.62. The normalized spacial score (nSPS) is 18.1. The van der Waals surface area contributed by atoms with Crippen molar-refractivity contribution in [3.8, 4) is 0 Å². The van der Waals surface area contributed by atoms with Gasteiger partial charge >= 0.3 is 0 Å². The van der Waals surface area contributed by atoms with Crippen molar-refractivity contribution in [3.05, 3.63) is 52.7 Å². The predicted molar refractivity (Wildman–Crippen MR) is 103 cm³/mol. The molecule has 1 aromatic carbocycles. The van der Waals surface area contributed by atoms with E-state index in [-0.39, 0.29) is 30.3 Å². The zero-order chi connectivity index (χ0) is 19.3. The van der Waals surface area contributed by atoms with Crippen molar-refractivity contribution in [3.63, 3.8) is 0 Å². The van der Waals surface area contributed by atoms with Gasteiger partial charge in [0, 0.05) is 24.5 Å². The molecule has 1 fully saturated rings. The average Bonchev–Trinajstić information content (AvgIpc) is 3.17. The highest BCUT2D eigenvalue weighted by molar-refractivity contribution is 7.89. The van der Waals surface area contributed by atoms with Crippen LogP contribution in [0, 0.1) is 0 Å². The van der Waals surface area contributed by atoms with Crippen molar-refractivity contribution in [1.82, 2.24) is 14.9 Å². The Labute approximate surface area is 162 Å². The van der Waals surface area contributed by atoms with Gasteiger partial charge < -0.3 is 10.6 Å². The van der Waals surface area contributed by atoms with Gasteiger partial charge in [0.25, 0.3) is 0 Å². The van der Waals surface area contributed by atoms with Crippen LogP contribution in [0.1, 0.15) is 11.3 Å². The first-order valence-corrected chi connectivity index (χ1v) is 10.9. The number of amides is 2. The van der Waals surface area contributed by atoms with Crippen LogP contribution in [-0.4, -0.2) is 50.2 Å². The molecule has 2 heterocycles. The number of sulfonamides is 1. The van der Waals surface area contributed by atoms with Crippen molar-refractivity contribution in [2.75, 3.05) is 19.6 Å². The van der Waals surface area contributed by atoms with Gasteiger partial charge in [0.05, 0.1) is 11.3 Å². The zero-order valence-corrected chi connectivity index (χ0v) is 16.3. The molecular weight excluding hydrogens is 386 g/mol.